The minimum atomic E-state index is -0.318. The summed E-state index contributed by atoms with van der Waals surface area (Å²) in [5.74, 6) is -0.318. The fraction of sp³-hybridized carbons (Fsp3) is 0. The Morgan fingerprint density at radius 1 is 1.36 bits per heavy atom. The van der Waals surface area contributed by atoms with Crippen LogP contribution in [-0.2, 0) is 0 Å². The van der Waals surface area contributed by atoms with Crippen LogP contribution in [0.25, 0.3) is 11.0 Å². The minimum absolute atomic E-state index is 0.318. The number of furan rings is 1. The van der Waals surface area contributed by atoms with E-state index in [0.717, 1.165) is 10.7 Å². The Balaban J connectivity index is 2.94. The molecule has 3 heteroatoms. The molecular formula is C8H4BrFO. The van der Waals surface area contributed by atoms with Crippen molar-refractivity contribution in [2.75, 3.05) is 0 Å². The molecule has 1 heterocycles. The van der Waals surface area contributed by atoms with Crippen molar-refractivity contribution in [2.24, 2.45) is 0 Å². The summed E-state index contributed by atoms with van der Waals surface area (Å²) in [6.45, 7) is 0. The van der Waals surface area contributed by atoms with Crippen LogP contribution in [0, 0.1) is 5.82 Å². The van der Waals surface area contributed by atoms with Gasteiger partial charge in [0.25, 0.3) is 0 Å². The van der Waals surface area contributed by atoms with Crippen LogP contribution in [0.15, 0.2) is 33.4 Å². The van der Waals surface area contributed by atoms with Gasteiger partial charge in [-0.2, -0.15) is 0 Å². The summed E-state index contributed by atoms with van der Waals surface area (Å²) in [6, 6.07) is 5.26. The molecule has 1 nitrogen and oxygen atoms in total. The number of hydrogen-bond donors (Lipinski definition) is 0. The lowest BCUT2D eigenvalue weighted by Gasteiger charge is -1.89. The van der Waals surface area contributed by atoms with Gasteiger partial charge in [0, 0.05) is 0 Å². The molecule has 0 saturated carbocycles. The number of fused-ring (bicyclic) bond motifs is 1. The summed E-state index contributed by atoms with van der Waals surface area (Å²) in [5, 5.41) is 0.513. The third-order valence-corrected chi connectivity index (χ3v) is 2.13. The zero-order valence-electron chi connectivity index (χ0n) is 5.47. The van der Waals surface area contributed by atoms with Crippen LogP contribution in [0.4, 0.5) is 4.39 Å². The first-order valence-corrected chi connectivity index (χ1v) is 3.89. The van der Waals surface area contributed by atoms with Gasteiger partial charge in [-0.15, -0.1) is 0 Å². The number of hydrogen-bond acceptors (Lipinski definition) is 1. The van der Waals surface area contributed by atoms with Gasteiger partial charge in [0.05, 0.1) is 9.86 Å². The standard InChI is InChI=1S/C8H4BrFO/c9-6-3-1-2-5-7(10)4-11-8(5)6/h1-4H. The average Bonchev–Trinajstić information content (AvgIpc) is 2.35. The largest absolute Gasteiger partial charge is 0.460 e. The number of benzene rings is 1. The van der Waals surface area contributed by atoms with E-state index in [4.69, 9.17) is 4.42 Å². The number of rotatable bonds is 0. The van der Waals surface area contributed by atoms with E-state index >= 15 is 0 Å². The topological polar surface area (TPSA) is 13.1 Å². The van der Waals surface area contributed by atoms with Crippen molar-refractivity contribution >= 4 is 26.9 Å². The highest BCUT2D eigenvalue weighted by Crippen LogP contribution is 2.26. The monoisotopic (exact) mass is 214 g/mol. The van der Waals surface area contributed by atoms with E-state index in [2.05, 4.69) is 15.9 Å². The highest BCUT2D eigenvalue weighted by Gasteiger charge is 2.06. The van der Waals surface area contributed by atoms with E-state index in [0.29, 0.717) is 11.0 Å². The van der Waals surface area contributed by atoms with Gasteiger partial charge in [-0.1, -0.05) is 6.07 Å². The molecule has 0 amide bonds. The van der Waals surface area contributed by atoms with Crippen molar-refractivity contribution in [3.8, 4) is 0 Å². The first-order chi connectivity index (χ1) is 5.29. The number of halogens is 2. The van der Waals surface area contributed by atoms with Crippen LogP contribution in [0.1, 0.15) is 0 Å². The molecule has 0 bridgehead atoms. The molecule has 1 aromatic carbocycles. The van der Waals surface area contributed by atoms with Crippen molar-refractivity contribution in [3.05, 3.63) is 34.8 Å². The van der Waals surface area contributed by atoms with Gasteiger partial charge in [-0.3, -0.25) is 0 Å². The summed E-state index contributed by atoms with van der Waals surface area (Å²) in [4.78, 5) is 0. The van der Waals surface area contributed by atoms with Crippen LogP contribution in [-0.4, -0.2) is 0 Å². The van der Waals surface area contributed by atoms with E-state index in [9.17, 15) is 4.39 Å². The molecule has 0 unspecified atom stereocenters. The maximum absolute atomic E-state index is 12.8. The average molecular weight is 215 g/mol. The molecule has 0 aliphatic carbocycles. The van der Waals surface area contributed by atoms with Crippen LogP contribution in [0.3, 0.4) is 0 Å². The Kier molecular flexibility index (Phi) is 1.46. The fourth-order valence-corrected chi connectivity index (χ4v) is 1.45. The molecule has 0 aliphatic rings. The Bertz CT molecular complexity index is 394. The maximum Gasteiger partial charge on any atom is 0.169 e. The van der Waals surface area contributed by atoms with Crippen LogP contribution >= 0.6 is 15.9 Å². The summed E-state index contributed by atoms with van der Waals surface area (Å²) < 4.78 is 18.5. The van der Waals surface area contributed by atoms with E-state index in [1.165, 1.54) is 0 Å². The summed E-state index contributed by atoms with van der Waals surface area (Å²) in [5.41, 5.74) is 0.560. The normalized spacial score (nSPS) is 10.7. The lowest BCUT2D eigenvalue weighted by molar-refractivity contribution is 0.557. The van der Waals surface area contributed by atoms with Gasteiger partial charge in [-0.25, -0.2) is 4.39 Å². The molecule has 56 valence electrons. The molecule has 0 radical (unpaired) electrons. The predicted octanol–water partition coefficient (Wildman–Crippen LogP) is 3.33. The van der Waals surface area contributed by atoms with Gasteiger partial charge < -0.3 is 4.42 Å². The molecule has 2 aromatic rings. The van der Waals surface area contributed by atoms with Crippen molar-refractivity contribution < 1.29 is 8.81 Å². The number of para-hydroxylation sites is 1. The van der Waals surface area contributed by atoms with Gasteiger partial charge in [-0.05, 0) is 28.1 Å². The molecule has 2 rings (SSSR count). The second-order valence-corrected chi connectivity index (χ2v) is 3.05. The molecule has 0 saturated heterocycles. The lowest BCUT2D eigenvalue weighted by atomic mass is 10.2. The molecule has 0 fully saturated rings. The Hall–Kier alpha value is -0.830. The Labute approximate surface area is 70.9 Å². The van der Waals surface area contributed by atoms with Gasteiger partial charge in [0.2, 0.25) is 0 Å². The van der Waals surface area contributed by atoms with Crippen molar-refractivity contribution in [2.45, 2.75) is 0 Å². The van der Waals surface area contributed by atoms with Crippen molar-refractivity contribution in [1.29, 1.82) is 0 Å². The maximum atomic E-state index is 12.8. The van der Waals surface area contributed by atoms with E-state index < -0.39 is 0 Å². The van der Waals surface area contributed by atoms with Crippen LogP contribution in [0.2, 0.25) is 0 Å². The van der Waals surface area contributed by atoms with Crippen LogP contribution < -0.4 is 0 Å². The van der Waals surface area contributed by atoms with Crippen LogP contribution in [0.5, 0.6) is 0 Å². The van der Waals surface area contributed by atoms with Gasteiger partial charge in [0.1, 0.15) is 6.26 Å². The third kappa shape index (κ3) is 0.959. The molecule has 0 aliphatic heterocycles. The second kappa shape index (κ2) is 2.34. The Morgan fingerprint density at radius 2 is 2.18 bits per heavy atom. The summed E-state index contributed by atoms with van der Waals surface area (Å²) in [7, 11) is 0. The zero-order chi connectivity index (χ0) is 7.84. The predicted molar refractivity (Wildman–Crippen MR) is 43.9 cm³/mol. The zero-order valence-corrected chi connectivity index (χ0v) is 7.06. The Morgan fingerprint density at radius 3 is 2.91 bits per heavy atom. The molecular weight excluding hydrogens is 211 g/mol. The van der Waals surface area contributed by atoms with E-state index in [1.807, 2.05) is 6.07 Å². The van der Waals surface area contributed by atoms with Crippen molar-refractivity contribution in [1.82, 2.24) is 0 Å². The molecule has 0 atom stereocenters. The summed E-state index contributed by atoms with van der Waals surface area (Å²) >= 11 is 3.25. The molecule has 11 heavy (non-hydrogen) atoms. The second-order valence-electron chi connectivity index (χ2n) is 2.20. The van der Waals surface area contributed by atoms with E-state index in [1.54, 1.807) is 12.1 Å². The third-order valence-electron chi connectivity index (χ3n) is 1.50. The fourth-order valence-electron chi connectivity index (χ4n) is 0.991. The first kappa shape index (κ1) is 6.85. The lowest BCUT2D eigenvalue weighted by Crippen LogP contribution is -1.68. The summed E-state index contributed by atoms with van der Waals surface area (Å²) in [6.07, 6.45) is 1.11. The molecule has 1 aromatic heterocycles. The highest BCUT2D eigenvalue weighted by molar-refractivity contribution is 9.10. The first-order valence-electron chi connectivity index (χ1n) is 3.10. The van der Waals surface area contributed by atoms with E-state index in [-0.39, 0.29) is 5.82 Å². The SMILES string of the molecule is Fc1coc2c(Br)cccc12. The van der Waals surface area contributed by atoms with Gasteiger partial charge >= 0.3 is 0 Å². The van der Waals surface area contributed by atoms with Crippen molar-refractivity contribution in [3.63, 3.8) is 0 Å². The quantitative estimate of drug-likeness (QED) is 0.656. The highest BCUT2D eigenvalue weighted by atomic mass is 79.9. The minimum Gasteiger partial charge on any atom is -0.460 e. The van der Waals surface area contributed by atoms with Gasteiger partial charge in [0.15, 0.2) is 11.4 Å². The molecule has 0 N–H and O–H groups in total. The smallest absolute Gasteiger partial charge is 0.169 e. The molecule has 0 spiro atoms.